The van der Waals surface area contributed by atoms with Crippen molar-refractivity contribution in [1.29, 1.82) is 5.26 Å². The van der Waals surface area contributed by atoms with Gasteiger partial charge >= 0.3 is 0 Å². The topological polar surface area (TPSA) is 42.2 Å². The number of nitriles is 1. The second-order valence-electron chi connectivity index (χ2n) is 7.71. The summed E-state index contributed by atoms with van der Waals surface area (Å²) in [6.07, 6.45) is 13.0. The van der Waals surface area contributed by atoms with Crippen molar-refractivity contribution in [3.63, 3.8) is 0 Å². The van der Waals surface area contributed by atoms with Crippen LogP contribution in [0.15, 0.2) is 0 Å². The van der Waals surface area contributed by atoms with Gasteiger partial charge < -0.3 is 9.47 Å². The highest BCUT2D eigenvalue weighted by atomic mass is 16.7. The molecule has 2 rings (SSSR count). The van der Waals surface area contributed by atoms with E-state index in [1.165, 1.54) is 51.4 Å². The molecule has 0 aromatic rings. The maximum atomic E-state index is 9.79. The number of hydrogen-bond donors (Lipinski definition) is 0. The molecule has 0 spiro atoms. The zero-order valence-electron chi connectivity index (χ0n) is 15.2. The third-order valence-corrected chi connectivity index (χ3v) is 5.80. The summed E-state index contributed by atoms with van der Waals surface area (Å²) in [7, 11) is 0. The van der Waals surface area contributed by atoms with Gasteiger partial charge in [-0.3, -0.25) is 0 Å². The van der Waals surface area contributed by atoms with Crippen LogP contribution in [0.4, 0.5) is 0 Å². The van der Waals surface area contributed by atoms with Crippen molar-refractivity contribution in [1.82, 2.24) is 0 Å². The molecule has 0 N–H and O–H groups in total. The van der Waals surface area contributed by atoms with E-state index in [4.69, 9.17) is 9.47 Å². The van der Waals surface area contributed by atoms with E-state index < -0.39 is 5.41 Å². The van der Waals surface area contributed by atoms with Gasteiger partial charge in [-0.2, -0.15) is 5.26 Å². The van der Waals surface area contributed by atoms with E-state index in [2.05, 4.69) is 19.9 Å². The number of unbranched alkanes of at least 4 members (excludes halogenated alkanes) is 3. The van der Waals surface area contributed by atoms with Crippen molar-refractivity contribution in [2.75, 3.05) is 13.2 Å². The van der Waals surface area contributed by atoms with Crippen molar-refractivity contribution in [3.8, 4) is 6.07 Å². The lowest BCUT2D eigenvalue weighted by Gasteiger charge is -2.42. The van der Waals surface area contributed by atoms with Gasteiger partial charge in [-0.1, -0.05) is 52.4 Å². The molecule has 23 heavy (non-hydrogen) atoms. The van der Waals surface area contributed by atoms with E-state index in [1.54, 1.807) is 0 Å². The Balaban J connectivity index is 1.77. The van der Waals surface area contributed by atoms with Crippen molar-refractivity contribution in [2.24, 2.45) is 17.3 Å². The standard InChI is InChI=1S/C20H35NO2/c1-3-5-6-7-9-17-10-12-20(16-21,13-11-17)19-22-14-18(8-4-2)15-23-19/h17-19H,3-15H2,1-2H3. The average Bonchev–Trinajstić information content (AvgIpc) is 2.60. The van der Waals surface area contributed by atoms with E-state index in [0.717, 1.165) is 38.4 Å². The smallest absolute Gasteiger partial charge is 0.176 e. The second-order valence-corrected chi connectivity index (χ2v) is 7.71. The van der Waals surface area contributed by atoms with Gasteiger partial charge in [-0.15, -0.1) is 0 Å². The lowest BCUT2D eigenvalue weighted by atomic mass is 9.69. The minimum atomic E-state index is -0.392. The monoisotopic (exact) mass is 321 g/mol. The molecular weight excluding hydrogens is 286 g/mol. The molecule has 1 saturated carbocycles. The van der Waals surface area contributed by atoms with Crippen molar-refractivity contribution in [2.45, 2.75) is 90.8 Å². The van der Waals surface area contributed by atoms with Crippen LogP contribution in [0.5, 0.6) is 0 Å². The fraction of sp³-hybridized carbons (Fsp3) is 0.950. The number of nitrogens with zero attached hydrogens (tertiary/aromatic N) is 1. The van der Waals surface area contributed by atoms with E-state index in [-0.39, 0.29) is 6.29 Å². The first kappa shape index (κ1) is 18.7. The van der Waals surface area contributed by atoms with Gasteiger partial charge in [0.15, 0.2) is 6.29 Å². The zero-order valence-corrected chi connectivity index (χ0v) is 15.2. The van der Waals surface area contributed by atoms with Crippen LogP contribution >= 0.6 is 0 Å². The molecule has 132 valence electrons. The molecule has 0 bridgehead atoms. The Labute approximate surface area is 142 Å². The van der Waals surface area contributed by atoms with Gasteiger partial charge in [0, 0.05) is 5.92 Å². The van der Waals surface area contributed by atoms with Gasteiger partial charge in [-0.05, 0) is 38.0 Å². The van der Waals surface area contributed by atoms with Crippen molar-refractivity contribution >= 4 is 0 Å². The zero-order chi connectivity index (χ0) is 16.5. The summed E-state index contributed by atoms with van der Waals surface area (Å²) in [6, 6.07) is 2.58. The maximum absolute atomic E-state index is 9.79. The summed E-state index contributed by atoms with van der Waals surface area (Å²) in [5.41, 5.74) is -0.392. The minimum Gasteiger partial charge on any atom is -0.351 e. The van der Waals surface area contributed by atoms with Crippen LogP contribution < -0.4 is 0 Å². The number of rotatable bonds is 8. The Kier molecular flexibility index (Phi) is 7.86. The molecule has 1 aliphatic heterocycles. The Morgan fingerprint density at radius 2 is 1.61 bits per heavy atom. The third-order valence-electron chi connectivity index (χ3n) is 5.80. The first-order valence-electron chi connectivity index (χ1n) is 9.88. The molecule has 0 unspecified atom stereocenters. The summed E-state index contributed by atoms with van der Waals surface area (Å²) in [5.74, 6) is 1.33. The highest BCUT2D eigenvalue weighted by Gasteiger charge is 2.45. The van der Waals surface area contributed by atoms with Gasteiger partial charge in [-0.25, -0.2) is 0 Å². The van der Waals surface area contributed by atoms with Gasteiger partial charge in [0.05, 0.1) is 19.3 Å². The summed E-state index contributed by atoms with van der Waals surface area (Å²) >= 11 is 0. The maximum Gasteiger partial charge on any atom is 0.176 e. The Morgan fingerprint density at radius 3 is 2.17 bits per heavy atom. The number of hydrogen-bond acceptors (Lipinski definition) is 3. The summed E-state index contributed by atoms with van der Waals surface area (Å²) in [6.45, 7) is 5.99. The van der Waals surface area contributed by atoms with Gasteiger partial charge in [0.2, 0.25) is 0 Å². The van der Waals surface area contributed by atoms with E-state index >= 15 is 0 Å². The van der Waals surface area contributed by atoms with Crippen LogP contribution in [0.3, 0.4) is 0 Å². The molecule has 1 heterocycles. The predicted molar refractivity (Wildman–Crippen MR) is 92.9 cm³/mol. The summed E-state index contributed by atoms with van der Waals surface area (Å²) < 4.78 is 12.0. The van der Waals surface area contributed by atoms with Crippen LogP contribution in [0, 0.1) is 28.6 Å². The number of ether oxygens (including phenoxy) is 2. The minimum absolute atomic E-state index is 0.290. The van der Waals surface area contributed by atoms with Gasteiger partial charge in [0.1, 0.15) is 5.41 Å². The normalized spacial score (nSPS) is 34.9. The molecule has 3 heteroatoms. The van der Waals surface area contributed by atoms with Crippen LogP contribution in [0.25, 0.3) is 0 Å². The first-order chi connectivity index (χ1) is 11.2. The van der Waals surface area contributed by atoms with Crippen molar-refractivity contribution in [3.05, 3.63) is 0 Å². The Bertz CT molecular complexity index is 360. The molecule has 2 aliphatic rings. The van der Waals surface area contributed by atoms with Crippen LogP contribution in [-0.2, 0) is 9.47 Å². The van der Waals surface area contributed by atoms with Crippen molar-refractivity contribution < 1.29 is 9.47 Å². The van der Waals surface area contributed by atoms with Crippen LogP contribution in [0.2, 0.25) is 0 Å². The average molecular weight is 322 g/mol. The molecule has 0 aromatic carbocycles. The molecule has 1 aliphatic carbocycles. The Hall–Kier alpha value is -0.590. The SMILES string of the molecule is CCCCCCC1CCC(C#N)(C2OCC(CCC)CO2)CC1. The second kappa shape index (κ2) is 9.64. The Morgan fingerprint density at radius 1 is 0.913 bits per heavy atom. The highest BCUT2D eigenvalue weighted by molar-refractivity contribution is 5.04. The highest BCUT2D eigenvalue weighted by Crippen LogP contribution is 2.45. The molecule has 1 saturated heterocycles. The largest absolute Gasteiger partial charge is 0.351 e. The third kappa shape index (κ3) is 5.19. The van der Waals surface area contributed by atoms with Crippen LogP contribution in [-0.4, -0.2) is 19.5 Å². The lowest BCUT2D eigenvalue weighted by molar-refractivity contribution is -0.247. The van der Waals surface area contributed by atoms with Gasteiger partial charge in [0.25, 0.3) is 0 Å². The molecule has 0 aromatic heterocycles. The fourth-order valence-corrected chi connectivity index (χ4v) is 4.18. The van der Waals surface area contributed by atoms with Crippen LogP contribution in [0.1, 0.15) is 84.5 Å². The lowest BCUT2D eigenvalue weighted by Crippen LogP contribution is -2.45. The predicted octanol–water partition coefficient (Wildman–Crippen LogP) is 5.45. The van der Waals surface area contributed by atoms with E-state index in [1.807, 2.05) is 0 Å². The molecule has 0 atom stereocenters. The summed E-state index contributed by atoms with van der Waals surface area (Å²) in [5, 5.41) is 9.79. The van der Waals surface area contributed by atoms with E-state index in [9.17, 15) is 5.26 Å². The molecule has 0 radical (unpaired) electrons. The first-order valence-corrected chi connectivity index (χ1v) is 9.88. The molecule has 3 nitrogen and oxygen atoms in total. The quantitative estimate of drug-likeness (QED) is 0.558. The molecular formula is C20H35NO2. The summed E-state index contributed by atoms with van der Waals surface area (Å²) in [4.78, 5) is 0. The fourth-order valence-electron chi connectivity index (χ4n) is 4.18. The molecule has 2 fully saturated rings. The van der Waals surface area contributed by atoms with E-state index in [0.29, 0.717) is 5.92 Å². The molecule has 0 amide bonds.